The van der Waals surface area contributed by atoms with E-state index in [0.717, 1.165) is 16.0 Å². The first-order chi connectivity index (χ1) is 10.5. The molecule has 1 N–H and O–H groups in total. The summed E-state index contributed by atoms with van der Waals surface area (Å²) in [7, 11) is 0. The van der Waals surface area contributed by atoms with Crippen LogP contribution in [0.3, 0.4) is 0 Å². The van der Waals surface area contributed by atoms with Crippen molar-refractivity contribution in [1.29, 1.82) is 0 Å². The van der Waals surface area contributed by atoms with Gasteiger partial charge in [-0.25, -0.2) is 0 Å². The predicted octanol–water partition coefficient (Wildman–Crippen LogP) is 4.12. The van der Waals surface area contributed by atoms with Gasteiger partial charge in [-0.1, -0.05) is 47.5 Å². The van der Waals surface area contributed by atoms with Gasteiger partial charge >= 0.3 is 5.97 Å². The first-order valence-electron chi connectivity index (χ1n) is 7.01. The molecule has 4 heteroatoms. The Morgan fingerprint density at radius 2 is 1.45 bits per heavy atom. The van der Waals surface area contributed by atoms with Gasteiger partial charge in [0.25, 0.3) is 0 Å². The van der Waals surface area contributed by atoms with E-state index in [1.807, 2.05) is 50.2 Å². The molecule has 0 aliphatic carbocycles. The minimum absolute atomic E-state index is 0.0169. The normalized spacial score (nSPS) is 11.9. The molecule has 3 nitrogen and oxygen atoms in total. The molecule has 2 aromatic carbocycles. The van der Waals surface area contributed by atoms with Gasteiger partial charge in [0.05, 0.1) is 0 Å². The second kappa shape index (κ2) is 7.27. The average Bonchev–Trinajstić information content (AvgIpc) is 2.49. The highest BCUT2D eigenvalue weighted by Crippen LogP contribution is 2.27. The highest BCUT2D eigenvalue weighted by Gasteiger charge is 2.23. The lowest BCUT2D eigenvalue weighted by atomic mass is 10.1. The summed E-state index contributed by atoms with van der Waals surface area (Å²) in [5.74, 6) is -1.11. The molecule has 22 heavy (non-hydrogen) atoms. The van der Waals surface area contributed by atoms with Crippen LogP contribution in [0.15, 0.2) is 53.4 Å². The first kappa shape index (κ1) is 16.3. The second-order valence-electron chi connectivity index (χ2n) is 5.25. The maximum atomic E-state index is 12.2. The zero-order chi connectivity index (χ0) is 16.1. The molecule has 114 valence electrons. The molecule has 2 aromatic rings. The second-order valence-corrected chi connectivity index (χ2v) is 6.53. The SMILES string of the molecule is Cc1ccc(S[C@H](CC(=O)c2ccc(C)cc2)C(=O)O)cc1. The number of ketones is 1. The van der Waals surface area contributed by atoms with E-state index in [1.54, 1.807) is 12.1 Å². The molecule has 0 aromatic heterocycles. The molecule has 2 rings (SSSR count). The number of hydrogen-bond acceptors (Lipinski definition) is 3. The summed E-state index contributed by atoms with van der Waals surface area (Å²) in [6.45, 7) is 3.92. The van der Waals surface area contributed by atoms with Crippen molar-refractivity contribution in [3.8, 4) is 0 Å². The minimum atomic E-state index is -0.967. The molecule has 0 bridgehead atoms. The Bertz CT molecular complexity index is 660. The largest absolute Gasteiger partial charge is 0.480 e. The Balaban J connectivity index is 2.08. The molecule has 0 saturated heterocycles. The smallest absolute Gasteiger partial charge is 0.317 e. The third-order valence-corrected chi connectivity index (χ3v) is 4.52. The fourth-order valence-corrected chi connectivity index (χ4v) is 2.94. The Kier molecular flexibility index (Phi) is 5.39. The number of aryl methyl sites for hydroxylation is 2. The van der Waals surface area contributed by atoms with Gasteiger partial charge in [-0.2, -0.15) is 0 Å². The van der Waals surface area contributed by atoms with Crippen LogP contribution in [0.2, 0.25) is 0 Å². The number of aliphatic carboxylic acids is 1. The topological polar surface area (TPSA) is 54.4 Å². The summed E-state index contributed by atoms with van der Waals surface area (Å²) < 4.78 is 0. The van der Waals surface area contributed by atoms with E-state index in [-0.39, 0.29) is 12.2 Å². The number of thioether (sulfide) groups is 1. The van der Waals surface area contributed by atoms with Crippen LogP contribution in [0.5, 0.6) is 0 Å². The number of carbonyl (C=O) groups excluding carboxylic acids is 1. The Morgan fingerprint density at radius 3 is 1.95 bits per heavy atom. The molecule has 0 spiro atoms. The van der Waals surface area contributed by atoms with Gasteiger partial charge in [-0.15, -0.1) is 11.8 Å². The van der Waals surface area contributed by atoms with Crippen molar-refractivity contribution in [1.82, 2.24) is 0 Å². The van der Waals surface area contributed by atoms with Gasteiger partial charge in [0, 0.05) is 16.9 Å². The fourth-order valence-electron chi connectivity index (χ4n) is 1.99. The van der Waals surface area contributed by atoms with Gasteiger partial charge in [0.15, 0.2) is 5.78 Å². The Morgan fingerprint density at radius 1 is 0.955 bits per heavy atom. The average molecular weight is 314 g/mol. The molecule has 0 unspecified atom stereocenters. The summed E-state index contributed by atoms with van der Waals surface area (Å²) in [5, 5.41) is 8.57. The molecule has 0 radical (unpaired) electrons. The van der Waals surface area contributed by atoms with Crippen molar-refractivity contribution in [2.45, 2.75) is 30.4 Å². The lowest BCUT2D eigenvalue weighted by Crippen LogP contribution is -2.20. The fraction of sp³-hybridized carbons (Fsp3) is 0.222. The van der Waals surface area contributed by atoms with Crippen LogP contribution < -0.4 is 0 Å². The quantitative estimate of drug-likeness (QED) is 0.643. The van der Waals surface area contributed by atoms with Crippen LogP contribution >= 0.6 is 11.8 Å². The van der Waals surface area contributed by atoms with Crippen LogP contribution in [0.25, 0.3) is 0 Å². The summed E-state index contributed by atoms with van der Waals surface area (Å²) in [6, 6.07) is 14.8. The van der Waals surface area contributed by atoms with Crippen LogP contribution in [0, 0.1) is 13.8 Å². The number of Topliss-reactive ketones (excluding diaryl/α,β-unsaturated/α-hetero) is 1. The van der Waals surface area contributed by atoms with Crippen LogP contribution in [0.1, 0.15) is 27.9 Å². The van der Waals surface area contributed by atoms with Crippen LogP contribution in [-0.4, -0.2) is 22.1 Å². The van der Waals surface area contributed by atoms with Crippen molar-refractivity contribution in [3.63, 3.8) is 0 Å². The molecule has 0 heterocycles. The third-order valence-electron chi connectivity index (χ3n) is 3.32. The van der Waals surface area contributed by atoms with Gasteiger partial charge < -0.3 is 5.11 Å². The minimum Gasteiger partial charge on any atom is -0.480 e. The molecule has 0 fully saturated rings. The van der Waals surface area contributed by atoms with Gasteiger partial charge in [-0.3, -0.25) is 9.59 Å². The maximum Gasteiger partial charge on any atom is 0.317 e. The maximum absolute atomic E-state index is 12.2. The number of benzene rings is 2. The number of rotatable bonds is 6. The zero-order valence-corrected chi connectivity index (χ0v) is 13.4. The summed E-state index contributed by atoms with van der Waals surface area (Å²) in [5.41, 5.74) is 2.74. The van der Waals surface area contributed by atoms with E-state index >= 15 is 0 Å². The van der Waals surface area contributed by atoms with E-state index in [4.69, 9.17) is 0 Å². The Hall–Kier alpha value is -2.07. The van der Waals surface area contributed by atoms with Crippen molar-refractivity contribution in [2.75, 3.05) is 0 Å². The van der Waals surface area contributed by atoms with Gasteiger partial charge in [0.2, 0.25) is 0 Å². The zero-order valence-electron chi connectivity index (χ0n) is 12.6. The highest BCUT2D eigenvalue weighted by molar-refractivity contribution is 8.00. The Labute approximate surface area is 134 Å². The molecule has 1 atom stereocenters. The molecule has 0 amide bonds. The molecule has 0 aliphatic rings. The monoisotopic (exact) mass is 314 g/mol. The number of carbonyl (C=O) groups is 2. The van der Waals surface area contributed by atoms with Crippen LogP contribution in [-0.2, 0) is 4.79 Å². The van der Waals surface area contributed by atoms with E-state index < -0.39 is 11.2 Å². The van der Waals surface area contributed by atoms with Crippen molar-refractivity contribution < 1.29 is 14.7 Å². The van der Waals surface area contributed by atoms with Crippen LogP contribution in [0.4, 0.5) is 0 Å². The van der Waals surface area contributed by atoms with Crippen molar-refractivity contribution >= 4 is 23.5 Å². The summed E-state index contributed by atoms with van der Waals surface area (Å²) >= 11 is 1.21. The van der Waals surface area contributed by atoms with E-state index in [9.17, 15) is 14.7 Å². The predicted molar refractivity (Wildman–Crippen MR) is 88.6 cm³/mol. The number of carboxylic acids is 1. The molecular formula is C18H18O3S. The number of carboxylic acid groups (broad SMARTS) is 1. The standard InChI is InChI=1S/C18H18O3S/c1-12-3-7-14(8-4-12)16(19)11-17(18(20)21)22-15-9-5-13(2)6-10-15/h3-10,17H,11H2,1-2H3,(H,20,21)/t17-/m1/s1. The van der Waals surface area contributed by atoms with E-state index in [0.29, 0.717) is 5.56 Å². The van der Waals surface area contributed by atoms with E-state index in [2.05, 4.69) is 0 Å². The molecular weight excluding hydrogens is 296 g/mol. The first-order valence-corrected chi connectivity index (χ1v) is 7.89. The third kappa shape index (κ3) is 4.46. The summed E-state index contributed by atoms with van der Waals surface area (Å²) in [4.78, 5) is 24.5. The van der Waals surface area contributed by atoms with Gasteiger partial charge in [0.1, 0.15) is 5.25 Å². The lowest BCUT2D eigenvalue weighted by Gasteiger charge is -2.11. The van der Waals surface area contributed by atoms with Gasteiger partial charge in [-0.05, 0) is 26.0 Å². The lowest BCUT2D eigenvalue weighted by molar-refractivity contribution is -0.136. The molecule has 0 aliphatic heterocycles. The van der Waals surface area contributed by atoms with Crippen molar-refractivity contribution in [2.24, 2.45) is 0 Å². The van der Waals surface area contributed by atoms with E-state index in [1.165, 1.54) is 11.8 Å². The number of hydrogen-bond donors (Lipinski definition) is 1. The summed E-state index contributed by atoms with van der Waals surface area (Å²) in [6.07, 6.45) is -0.0169. The highest BCUT2D eigenvalue weighted by atomic mass is 32.2. The van der Waals surface area contributed by atoms with Crippen molar-refractivity contribution in [3.05, 3.63) is 65.2 Å². The molecule has 0 saturated carbocycles.